The van der Waals surface area contributed by atoms with E-state index in [1.807, 2.05) is 18.7 Å². The van der Waals surface area contributed by atoms with Gasteiger partial charge in [-0.3, -0.25) is 4.99 Å². The Balaban J connectivity index is 1.61. The normalized spacial score (nSPS) is 18.5. The van der Waals surface area contributed by atoms with E-state index >= 15 is 0 Å². The lowest BCUT2D eigenvalue weighted by atomic mass is 9.99. The molecular formula is C21H32N6. The van der Waals surface area contributed by atoms with Gasteiger partial charge in [-0.05, 0) is 63.9 Å². The van der Waals surface area contributed by atoms with Crippen LogP contribution in [0.1, 0.15) is 29.8 Å². The Hall–Kier alpha value is -2.34. The number of nitrogens with zero attached hydrogens (tertiary/aromatic N) is 4. The number of aliphatic imine (C=N–C) groups is 1. The van der Waals surface area contributed by atoms with E-state index < -0.39 is 0 Å². The molecule has 0 radical (unpaired) electrons. The van der Waals surface area contributed by atoms with Gasteiger partial charge in [0.2, 0.25) is 0 Å². The van der Waals surface area contributed by atoms with Gasteiger partial charge >= 0.3 is 0 Å². The maximum Gasteiger partial charge on any atom is 0.191 e. The Kier molecular flexibility index (Phi) is 6.50. The molecule has 0 aliphatic carbocycles. The van der Waals surface area contributed by atoms with Gasteiger partial charge in [-0.2, -0.15) is 5.10 Å². The molecule has 1 fully saturated rings. The topological polar surface area (TPSA) is 57.5 Å². The summed E-state index contributed by atoms with van der Waals surface area (Å²) in [7, 11) is 4.03. The lowest BCUT2D eigenvalue weighted by molar-refractivity contribution is 0.210. The molecule has 6 heteroatoms. The number of guanidine groups is 1. The smallest absolute Gasteiger partial charge is 0.191 e. The molecule has 1 aromatic heterocycles. The van der Waals surface area contributed by atoms with Crippen LogP contribution >= 0.6 is 0 Å². The molecule has 1 unspecified atom stereocenters. The fourth-order valence-corrected chi connectivity index (χ4v) is 3.82. The summed E-state index contributed by atoms with van der Waals surface area (Å²) in [6, 6.07) is 10.5. The summed E-state index contributed by atoms with van der Waals surface area (Å²) in [4.78, 5) is 6.80. The molecule has 1 saturated heterocycles. The Bertz CT molecular complexity index is 779. The van der Waals surface area contributed by atoms with E-state index in [1.165, 1.54) is 24.9 Å². The second-order valence-corrected chi connectivity index (χ2v) is 7.54. The van der Waals surface area contributed by atoms with Crippen molar-refractivity contribution in [2.45, 2.75) is 33.2 Å². The van der Waals surface area contributed by atoms with Crippen LogP contribution in [0.4, 0.5) is 0 Å². The van der Waals surface area contributed by atoms with Gasteiger partial charge in [0.25, 0.3) is 0 Å². The molecule has 1 aliphatic rings. The average Bonchev–Trinajstić information content (AvgIpc) is 3.00. The summed E-state index contributed by atoms with van der Waals surface area (Å²) in [5.74, 6) is 1.54. The molecule has 0 spiro atoms. The minimum absolute atomic E-state index is 0.685. The van der Waals surface area contributed by atoms with Crippen molar-refractivity contribution in [1.82, 2.24) is 25.3 Å². The van der Waals surface area contributed by atoms with Crippen molar-refractivity contribution in [2.75, 3.05) is 33.7 Å². The summed E-state index contributed by atoms with van der Waals surface area (Å²) in [6.45, 7) is 8.16. The number of likely N-dealkylation sites (tertiary alicyclic amines) is 1. The molecule has 2 heterocycles. The van der Waals surface area contributed by atoms with Crippen molar-refractivity contribution in [3.05, 3.63) is 47.3 Å². The van der Waals surface area contributed by atoms with Gasteiger partial charge in [0.15, 0.2) is 5.96 Å². The number of hydrogen-bond acceptors (Lipinski definition) is 3. The van der Waals surface area contributed by atoms with Gasteiger partial charge in [-0.15, -0.1) is 0 Å². The summed E-state index contributed by atoms with van der Waals surface area (Å²) < 4.78 is 2.01. The molecule has 27 heavy (non-hydrogen) atoms. The van der Waals surface area contributed by atoms with E-state index in [4.69, 9.17) is 0 Å². The SMILES string of the molecule is CN=C(NCc1ccccc1-n1nc(C)cc1C)NCC1CCCN(C)C1. The highest BCUT2D eigenvalue weighted by atomic mass is 15.3. The van der Waals surface area contributed by atoms with E-state index in [-0.39, 0.29) is 0 Å². The van der Waals surface area contributed by atoms with Gasteiger partial charge in [0, 0.05) is 32.4 Å². The first-order valence-corrected chi connectivity index (χ1v) is 9.81. The number of piperidine rings is 1. The Morgan fingerprint density at radius 2 is 2.07 bits per heavy atom. The average molecular weight is 369 g/mol. The van der Waals surface area contributed by atoms with Crippen LogP contribution in [0.15, 0.2) is 35.3 Å². The van der Waals surface area contributed by atoms with E-state index in [0.717, 1.165) is 36.1 Å². The molecule has 2 N–H and O–H groups in total. The molecule has 1 aromatic carbocycles. The summed E-state index contributed by atoms with van der Waals surface area (Å²) >= 11 is 0. The summed E-state index contributed by atoms with van der Waals surface area (Å²) in [5.41, 5.74) is 4.48. The molecule has 1 atom stereocenters. The van der Waals surface area contributed by atoms with Gasteiger partial charge in [-0.1, -0.05) is 18.2 Å². The molecule has 0 amide bonds. The van der Waals surface area contributed by atoms with Crippen molar-refractivity contribution >= 4 is 5.96 Å². The second-order valence-electron chi connectivity index (χ2n) is 7.54. The van der Waals surface area contributed by atoms with Crippen LogP contribution < -0.4 is 10.6 Å². The highest BCUT2D eigenvalue weighted by molar-refractivity contribution is 5.79. The number of benzene rings is 1. The van der Waals surface area contributed by atoms with Gasteiger partial charge in [-0.25, -0.2) is 4.68 Å². The fourth-order valence-electron chi connectivity index (χ4n) is 3.82. The number of aromatic nitrogens is 2. The first kappa shape index (κ1) is 19.4. The van der Waals surface area contributed by atoms with Crippen molar-refractivity contribution in [3.63, 3.8) is 0 Å². The van der Waals surface area contributed by atoms with Gasteiger partial charge < -0.3 is 15.5 Å². The van der Waals surface area contributed by atoms with E-state index in [0.29, 0.717) is 12.5 Å². The van der Waals surface area contributed by atoms with Crippen molar-refractivity contribution in [3.8, 4) is 5.69 Å². The lowest BCUT2D eigenvalue weighted by Crippen LogP contribution is -2.43. The standard InChI is InChI=1S/C21H32N6/c1-16-12-17(2)27(25-16)20-10-6-5-9-19(20)14-24-21(22-3)23-13-18-8-7-11-26(4)15-18/h5-6,9-10,12,18H,7-8,11,13-15H2,1-4H3,(H2,22,23,24). The monoisotopic (exact) mass is 368 g/mol. The minimum atomic E-state index is 0.685. The molecule has 1 aliphatic heterocycles. The zero-order valence-electron chi connectivity index (χ0n) is 17.0. The van der Waals surface area contributed by atoms with Crippen LogP contribution in [-0.4, -0.2) is 54.4 Å². The largest absolute Gasteiger partial charge is 0.356 e. The third-order valence-corrected chi connectivity index (χ3v) is 5.18. The van der Waals surface area contributed by atoms with Crippen LogP contribution in [0, 0.1) is 19.8 Å². The second kappa shape index (κ2) is 9.04. The van der Waals surface area contributed by atoms with Crippen LogP contribution in [0.5, 0.6) is 0 Å². The maximum atomic E-state index is 4.63. The van der Waals surface area contributed by atoms with Crippen LogP contribution in [0.25, 0.3) is 5.69 Å². The van der Waals surface area contributed by atoms with Gasteiger partial charge in [0.1, 0.15) is 0 Å². The Labute approximate surface area is 162 Å². The number of para-hydroxylation sites is 1. The predicted molar refractivity (Wildman–Crippen MR) is 111 cm³/mol. The quantitative estimate of drug-likeness (QED) is 0.629. The zero-order valence-corrected chi connectivity index (χ0v) is 17.0. The third kappa shape index (κ3) is 5.10. The van der Waals surface area contributed by atoms with Crippen molar-refractivity contribution in [2.24, 2.45) is 10.9 Å². The fraction of sp³-hybridized carbons (Fsp3) is 0.524. The van der Waals surface area contributed by atoms with Gasteiger partial charge in [0.05, 0.1) is 11.4 Å². The molecular weight excluding hydrogens is 336 g/mol. The number of aryl methyl sites for hydroxylation is 2. The molecule has 0 bridgehead atoms. The summed E-state index contributed by atoms with van der Waals surface area (Å²) in [6.07, 6.45) is 2.57. The Morgan fingerprint density at radius 1 is 1.26 bits per heavy atom. The predicted octanol–water partition coefficient (Wildman–Crippen LogP) is 2.50. The molecule has 146 valence electrons. The number of rotatable bonds is 5. The van der Waals surface area contributed by atoms with Crippen molar-refractivity contribution in [1.29, 1.82) is 0 Å². The maximum absolute atomic E-state index is 4.63. The van der Waals surface area contributed by atoms with E-state index in [2.05, 4.69) is 69.9 Å². The van der Waals surface area contributed by atoms with Crippen LogP contribution in [0.3, 0.4) is 0 Å². The Morgan fingerprint density at radius 3 is 2.78 bits per heavy atom. The summed E-state index contributed by atoms with van der Waals surface area (Å²) in [5, 5.41) is 11.6. The molecule has 2 aromatic rings. The van der Waals surface area contributed by atoms with Crippen molar-refractivity contribution < 1.29 is 0 Å². The van der Waals surface area contributed by atoms with E-state index in [9.17, 15) is 0 Å². The number of hydrogen-bond donors (Lipinski definition) is 2. The number of nitrogens with one attached hydrogen (secondary N) is 2. The highest BCUT2D eigenvalue weighted by Gasteiger charge is 2.17. The lowest BCUT2D eigenvalue weighted by Gasteiger charge is -2.30. The minimum Gasteiger partial charge on any atom is -0.356 e. The van der Waals surface area contributed by atoms with Crippen LogP contribution in [0.2, 0.25) is 0 Å². The zero-order chi connectivity index (χ0) is 19.2. The molecule has 0 saturated carbocycles. The third-order valence-electron chi connectivity index (χ3n) is 5.18. The highest BCUT2D eigenvalue weighted by Crippen LogP contribution is 2.17. The molecule has 6 nitrogen and oxygen atoms in total. The molecule has 3 rings (SSSR count). The van der Waals surface area contributed by atoms with E-state index in [1.54, 1.807) is 0 Å². The van der Waals surface area contributed by atoms with Crippen LogP contribution in [-0.2, 0) is 6.54 Å². The first-order valence-electron chi connectivity index (χ1n) is 9.81. The first-order chi connectivity index (χ1) is 13.1.